The fourth-order valence-corrected chi connectivity index (χ4v) is 3.37. The van der Waals surface area contributed by atoms with Crippen molar-refractivity contribution in [2.24, 2.45) is 0 Å². The summed E-state index contributed by atoms with van der Waals surface area (Å²) in [5, 5.41) is 13.0. The van der Waals surface area contributed by atoms with Crippen LogP contribution in [0.1, 0.15) is 45.2 Å². The highest BCUT2D eigenvalue weighted by atomic mass is 32.2. The van der Waals surface area contributed by atoms with Gasteiger partial charge in [-0.05, 0) is 38.4 Å². The first-order chi connectivity index (χ1) is 9.63. The van der Waals surface area contributed by atoms with Crippen molar-refractivity contribution in [1.29, 1.82) is 0 Å². The standard InChI is InChI=1S/C16H27NO2S/c1-5-10-17-13(3)16-14(19-4)7-6-8-15(16)20-12(2)9-11-18/h6-8,12-13,17-18H,5,9-11H2,1-4H3. The number of methoxy groups -OCH3 is 1. The normalized spacial score (nSPS) is 14.1. The van der Waals surface area contributed by atoms with Gasteiger partial charge in [0.2, 0.25) is 0 Å². The molecule has 0 bridgehead atoms. The molecule has 0 spiro atoms. The number of aliphatic hydroxyl groups is 1. The fraction of sp³-hybridized carbons (Fsp3) is 0.625. The van der Waals surface area contributed by atoms with Gasteiger partial charge in [-0.15, -0.1) is 11.8 Å². The maximum atomic E-state index is 9.06. The Kier molecular flexibility index (Phi) is 8.04. The zero-order valence-corrected chi connectivity index (χ0v) is 13.8. The van der Waals surface area contributed by atoms with Gasteiger partial charge in [0.25, 0.3) is 0 Å². The van der Waals surface area contributed by atoms with Crippen LogP contribution in [0, 0.1) is 0 Å². The molecule has 2 N–H and O–H groups in total. The van der Waals surface area contributed by atoms with E-state index < -0.39 is 0 Å². The topological polar surface area (TPSA) is 41.5 Å². The zero-order valence-electron chi connectivity index (χ0n) is 13.0. The Balaban J connectivity index is 2.97. The first-order valence-corrected chi connectivity index (χ1v) is 8.19. The van der Waals surface area contributed by atoms with Crippen molar-refractivity contribution in [2.45, 2.75) is 49.8 Å². The molecule has 0 saturated heterocycles. The van der Waals surface area contributed by atoms with E-state index in [9.17, 15) is 0 Å². The molecular weight excluding hydrogens is 270 g/mol. The monoisotopic (exact) mass is 297 g/mol. The van der Waals surface area contributed by atoms with Crippen LogP contribution in [0.5, 0.6) is 5.75 Å². The zero-order chi connectivity index (χ0) is 15.0. The van der Waals surface area contributed by atoms with E-state index >= 15 is 0 Å². The summed E-state index contributed by atoms with van der Waals surface area (Å²) in [6, 6.07) is 6.44. The fourth-order valence-electron chi connectivity index (χ4n) is 2.15. The van der Waals surface area contributed by atoms with Gasteiger partial charge in [-0.25, -0.2) is 0 Å². The summed E-state index contributed by atoms with van der Waals surface area (Å²) in [6.45, 7) is 7.72. The first kappa shape index (κ1) is 17.3. The summed E-state index contributed by atoms with van der Waals surface area (Å²) in [4.78, 5) is 1.24. The van der Waals surface area contributed by atoms with Crippen molar-refractivity contribution in [3.63, 3.8) is 0 Å². The van der Waals surface area contributed by atoms with E-state index in [0.29, 0.717) is 5.25 Å². The second-order valence-electron chi connectivity index (χ2n) is 4.99. The van der Waals surface area contributed by atoms with Crippen LogP contribution < -0.4 is 10.1 Å². The lowest BCUT2D eigenvalue weighted by Crippen LogP contribution is -2.20. The van der Waals surface area contributed by atoms with Gasteiger partial charge >= 0.3 is 0 Å². The Morgan fingerprint density at radius 1 is 1.35 bits per heavy atom. The highest BCUT2D eigenvalue weighted by Gasteiger charge is 2.17. The summed E-state index contributed by atoms with van der Waals surface area (Å²) in [6.07, 6.45) is 1.92. The number of benzene rings is 1. The molecule has 0 radical (unpaired) electrons. The van der Waals surface area contributed by atoms with E-state index in [1.807, 2.05) is 12.1 Å². The second kappa shape index (κ2) is 9.27. The molecule has 2 unspecified atom stereocenters. The minimum Gasteiger partial charge on any atom is -0.496 e. The Labute approximate surface area is 127 Å². The third-order valence-corrected chi connectivity index (χ3v) is 4.49. The molecule has 114 valence electrons. The predicted octanol–water partition coefficient (Wildman–Crippen LogP) is 3.62. The number of aliphatic hydroxyl groups excluding tert-OH is 1. The summed E-state index contributed by atoms with van der Waals surface area (Å²) in [5.41, 5.74) is 1.22. The van der Waals surface area contributed by atoms with Gasteiger partial charge in [0.05, 0.1) is 7.11 Å². The molecule has 0 aliphatic heterocycles. The average Bonchev–Trinajstić information content (AvgIpc) is 2.44. The molecule has 0 amide bonds. The van der Waals surface area contributed by atoms with Crippen LogP contribution in [0.15, 0.2) is 23.1 Å². The average molecular weight is 297 g/mol. The second-order valence-corrected chi connectivity index (χ2v) is 6.47. The number of nitrogens with one attached hydrogen (secondary N) is 1. The summed E-state index contributed by atoms with van der Waals surface area (Å²) in [7, 11) is 1.72. The van der Waals surface area contributed by atoms with Crippen LogP contribution in [0.4, 0.5) is 0 Å². The third-order valence-electron chi connectivity index (χ3n) is 3.24. The number of thioether (sulfide) groups is 1. The van der Waals surface area contributed by atoms with Gasteiger partial charge < -0.3 is 15.2 Å². The van der Waals surface area contributed by atoms with Gasteiger partial charge in [0.1, 0.15) is 5.75 Å². The van der Waals surface area contributed by atoms with Crippen molar-refractivity contribution >= 4 is 11.8 Å². The van der Waals surface area contributed by atoms with Crippen LogP contribution in [0.3, 0.4) is 0 Å². The molecule has 0 aliphatic carbocycles. The van der Waals surface area contributed by atoms with E-state index in [2.05, 4.69) is 32.2 Å². The van der Waals surface area contributed by atoms with E-state index in [0.717, 1.165) is 25.1 Å². The SMILES string of the molecule is CCCNC(C)c1c(OC)cccc1SC(C)CCO. The lowest BCUT2D eigenvalue weighted by atomic mass is 10.1. The molecule has 0 heterocycles. The third kappa shape index (κ3) is 5.00. The molecular formula is C16H27NO2S. The molecule has 0 aromatic heterocycles. The summed E-state index contributed by atoms with van der Waals surface area (Å²) >= 11 is 1.81. The minimum atomic E-state index is 0.233. The Morgan fingerprint density at radius 3 is 2.70 bits per heavy atom. The van der Waals surface area contributed by atoms with Crippen LogP contribution >= 0.6 is 11.8 Å². The Morgan fingerprint density at radius 2 is 2.10 bits per heavy atom. The molecule has 3 nitrogen and oxygen atoms in total. The van der Waals surface area contributed by atoms with Crippen molar-refractivity contribution in [2.75, 3.05) is 20.3 Å². The highest BCUT2D eigenvalue weighted by Crippen LogP contribution is 2.37. The van der Waals surface area contributed by atoms with Gasteiger partial charge in [0.15, 0.2) is 0 Å². The van der Waals surface area contributed by atoms with Crippen LogP contribution in [0.25, 0.3) is 0 Å². The number of hydrogen-bond acceptors (Lipinski definition) is 4. The molecule has 1 rings (SSSR count). The molecule has 1 aromatic carbocycles. The van der Waals surface area contributed by atoms with E-state index in [4.69, 9.17) is 9.84 Å². The van der Waals surface area contributed by atoms with E-state index in [1.54, 1.807) is 18.9 Å². The lowest BCUT2D eigenvalue weighted by molar-refractivity contribution is 0.289. The predicted molar refractivity (Wildman–Crippen MR) is 86.7 cm³/mol. The maximum absolute atomic E-state index is 9.06. The van der Waals surface area contributed by atoms with Crippen molar-refractivity contribution in [3.8, 4) is 5.75 Å². The summed E-state index contributed by atoms with van der Waals surface area (Å²) in [5.74, 6) is 0.933. The maximum Gasteiger partial charge on any atom is 0.124 e. The number of ether oxygens (including phenoxy) is 1. The highest BCUT2D eigenvalue weighted by molar-refractivity contribution is 8.00. The summed E-state index contributed by atoms with van der Waals surface area (Å²) < 4.78 is 5.53. The Hall–Kier alpha value is -0.710. The van der Waals surface area contributed by atoms with Crippen LogP contribution in [0.2, 0.25) is 0 Å². The molecule has 1 aromatic rings. The van der Waals surface area contributed by atoms with Gasteiger partial charge in [0, 0.05) is 28.4 Å². The van der Waals surface area contributed by atoms with Crippen LogP contribution in [-0.2, 0) is 0 Å². The van der Waals surface area contributed by atoms with Crippen molar-refractivity contribution in [3.05, 3.63) is 23.8 Å². The lowest BCUT2D eigenvalue weighted by Gasteiger charge is -2.22. The smallest absolute Gasteiger partial charge is 0.124 e. The number of hydrogen-bond donors (Lipinski definition) is 2. The number of rotatable bonds is 9. The van der Waals surface area contributed by atoms with Gasteiger partial charge in [-0.1, -0.05) is 19.9 Å². The Bertz CT molecular complexity index is 398. The molecule has 4 heteroatoms. The largest absolute Gasteiger partial charge is 0.496 e. The van der Waals surface area contributed by atoms with Gasteiger partial charge in [-0.3, -0.25) is 0 Å². The molecule has 0 saturated carbocycles. The molecule has 0 aliphatic rings. The minimum absolute atomic E-state index is 0.233. The van der Waals surface area contributed by atoms with Crippen molar-refractivity contribution < 1.29 is 9.84 Å². The molecule has 20 heavy (non-hydrogen) atoms. The van der Waals surface area contributed by atoms with Crippen LogP contribution in [-0.4, -0.2) is 30.6 Å². The quantitative estimate of drug-likeness (QED) is 0.683. The van der Waals surface area contributed by atoms with E-state index in [1.165, 1.54) is 10.5 Å². The van der Waals surface area contributed by atoms with Crippen molar-refractivity contribution in [1.82, 2.24) is 5.32 Å². The molecule has 0 fully saturated rings. The van der Waals surface area contributed by atoms with Gasteiger partial charge in [-0.2, -0.15) is 0 Å². The first-order valence-electron chi connectivity index (χ1n) is 7.31. The molecule has 2 atom stereocenters. The van der Waals surface area contributed by atoms with E-state index in [-0.39, 0.29) is 12.6 Å².